The van der Waals surface area contributed by atoms with Crippen molar-refractivity contribution in [2.45, 2.75) is 0 Å². The van der Waals surface area contributed by atoms with E-state index >= 15 is 0 Å². The molecule has 19 heavy (non-hydrogen) atoms. The van der Waals surface area contributed by atoms with E-state index in [1.807, 2.05) is 0 Å². The Morgan fingerprint density at radius 2 is 2.00 bits per heavy atom. The third kappa shape index (κ3) is 2.85. The summed E-state index contributed by atoms with van der Waals surface area (Å²) in [6.45, 7) is 0. The van der Waals surface area contributed by atoms with Crippen molar-refractivity contribution >= 4 is 27.5 Å². The van der Waals surface area contributed by atoms with Crippen molar-refractivity contribution in [1.82, 2.24) is 0 Å². The monoisotopic (exact) mass is 324 g/mol. The number of nitrogen functional groups attached to an aromatic ring is 1. The number of rotatable bonds is 3. The van der Waals surface area contributed by atoms with Crippen molar-refractivity contribution in [3.8, 4) is 11.5 Å². The Morgan fingerprint density at radius 1 is 1.26 bits per heavy atom. The quantitative estimate of drug-likeness (QED) is 0.851. The van der Waals surface area contributed by atoms with Crippen LogP contribution < -0.4 is 16.2 Å². The molecule has 0 spiro atoms. The molecule has 2 aromatic rings. The van der Waals surface area contributed by atoms with Gasteiger partial charge in [0.1, 0.15) is 11.6 Å². The first-order valence-corrected chi connectivity index (χ1v) is 6.09. The number of benzene rings is 2. The highest BCUT2D eigenvalue weighted by Crippen LogP contribution is 2.35. The highest BCUT2D eigenvalue weighted by atomic mass is 79.9. The van der Waals surface area contributed by atoms with E-state index in [0.29, 0.717) is 4.47 Å². The number of primary amides is 1. The lowest BCUT2D eigenvalue weighted by molar-refractivity contribution is 0.0998. The van der Waals surface area contributed by atoms with Crippen molar-refractivity contribution in [3.63, 3.8) is 0 Å². The topological polar surface area (TPSA) is 78.3 Å². The van der Waals surface area contributed by atoms with E-state index in [0.717, 1.165) is 0 Å². The first-order valence-electron chi connectivity index (χ1n) is 5.30. The predicted molar refractivity (Wildman–Crippen MR) is 73.5 cm³/mol. The minimum Gasteiger partial charge on any atom is -0.453 e. The van der Waals surface area contributed by atoms with Gasteiger partial charge < -0.3 is 16.2 Å². The van der Waals surface area contributed by atoms with Gasteiger partial charge in [0, 0.05) is 6.07 Å². The molecule has 0 aliphatic carbocycles. The molecular formula is C13H10BrFN2O2. The van der Waals surface area contributed by atoms with Gasteiger partial charge in [-0.15, -0.1) is 0 Å². The number of hydrogen-bond donors (Lipinski definition) is 2. The number of carbonyl (C=O) groups is 1. The van der Waals surface area contributed by atoms with Crippen molar-refractivity contribution < 1.29 is 13.9 Å². The lowest BCUT2D eigenvalue weighted by Gasteiger charge is -2.12. The maximum Gasteiger partial charge on any atom is 0.252 e. The molecule has 6 heteroatoms. The Morgan fingerprint density at radius 3 is 2.68 bits per heavy atom. The van der Waals surface area contributed by atoms with E-state index in [1.54, 1.807) is 12.1 Å². The largest absolute Gasteiger partial charge is 0.453 e. The van der Waals surface area contributed by atoms with E-state index in [9.17, 15) is 9.18 Å². The van der Waals surface area contributed by atoms with E-state index in [-0.39, 0.29) is 22.7 Å². The lowest BCUT2D eigenvalue weighted by Crippen LogP contribution is -2.13. The number of anilines is 1. The molecular weight excluding hydrogens is 315 g/mol. The van der Waals surface area contributed by atoms with Gasteiger partial charge in [-0.3, -0.25) is 4.79 Å². The van der Waals surface area contributed by atoms with Crippen LogP contribution in [0.5, 0.6) is 11.5 Å². The van der Waals surface area contributed by atoms with Gasteiger partial charge in [0.05, 0.1) is 15.7 Å². The summed E-state index contributed by atoms with van der Waals surface area (Å²) < 4.78 is 19.2. The number of nitrogens with two attached hydrogens (primary N) is 2. The zero-order valence-electron chi connectivity index (χ0n) is 9.69. The predicted octanol–water partition coefficient (Wildman–Crippen LogP) is 3.06. The van der Waals surface area contributed by atoms with Crippen molar-refractivity contribution in [1.29, 1.82) is 0 Å². The van der Waals surface area contributed by atoms with Crippen LogP contribution in [0.2, 0.25) is 0 Å². The molecule has 0 unspecified atom stereocenters. The fraction of sp³-hybridized carbons (Fsp3) is 0. The normalized spacial score (nSPS) is 10.2. The standard InChI is InChI=1S/C13H10BrFN2O2/c14-9-5-4-7(15)6-11(9)19-12-8(13(17)18)2-1-3-10(12)16/h1-6H,16H2,(H2,17,18). The molecule has 4 nitrogen and oxygen atoms in total. The molecule has 0 bridgehead atoms. The van der Waals surface area contributed by atoms with Crippen LogP contribution in [0.4, 0.5) is 10.1 Å². The van der Waals surface area contributed by atoms with Crippen LogP contribution >= 0.6 is 15.9 Å². The van der Waals surface area contributed by atoms with Crippen LogP contribution in [0.15, 0.2) is 40.9 Å². The molecule has 0 aromatic heterocycles. The second-order valence-corrected chi connectivity index (χ2v) is 4.62. The number of ether oxygens (including phenoxy) is 1. The van der Waals surface area contributed by atoms with Crippen LogP contribution in [0, 0.1) is 5.82 Å². The smallest absolute Gasteiger partial charge is 0.252 e. The van der Waals surface area contributed by atoms with Gasteiger partial charge in [-0.05, 0) is 40.2 Å². The van der Waals surface area contributed by atoms with E-state index in [2.05, 4.69) is 15.9 Å². The second kappa shape index (κ2) is 5.27. The summed E-state index contributed by atoms with van der Waals surface area (Å²) in [7, 11) is 0. The molecule has 0 heterocycles. The number of carbonyl (C=O) groups excluding carboxylic acids is 1. The van der Waals surface area contributed by atoms with Gasteiger partial charge >= 0.3 is 0 Å². The Bertz CT molecular complexity index is 647. The Hall–Kier alpha value is -2.08. The Labute approximate surface area is 117 Å². The van der Waals surface area contributed by atoms with E-state index in [1.165, 1.54) is 24.3 Å². The third-order valence-electron chi connectivity index (χ3n) is 2.42. The van der Waals surface area contributed by atoms with Crippen molar-refractivity contribution in [3.05, 3.63) is 52.3 Å². The summed E-state index contributed by atoms with van der Waals surface area (Å²) in [5.74, 6) is -0.815. The number of para-hydroxylation sites is 1. The maximum absolute atomic E-state index is 13.2. The van der Waals surface area contributed by atoms with Gasteiger partial charge in [0.2, 0.25) is 0 Å². The van der Waals surface area contributed by atoms with Crippen molar-refractivity contribution in [2.24, 2.45) is 5.73 Å². The summed E-state index contributed by atoms with van der Waals surface area (Å²) in [5.41, 5.74) is 11.4. The molecule has 0 saturated heterocycles. The van der Waals surface area contributed by atoms with Gasteiger partial charge in [-0.2, -0.15) is 0 Å². The summed E-state index contributed by atoms with van der Waals surface area (Å²) in [6.07, 6.45) is 0. The summed E-state index contributed by atoms with van der Waals surface area (Å²) >= 11 is 3.23. The first kappa shape index (κ1) is 13.4. The molecule has 0 saturated carbocycles. The molecule has 0 fully saturated rings. The number of amides is 1. The molecule has 98 valence electrons. The zero-order valence-corrected chi connectivity index (χ0v) is 11.3. The Balaban J connectivity index is 2.49. The minimum atomic E-state index is -0.671. The van der Waals surface area contributed by atoms with Gasteiger partial charge in [-0.1, -0.05) is 6.07 Å². The zero-order chi connectivity index (χ0) is 14.0. The van der Waals surface area contributed by atoms with Gasteiger partial charge in [0.25, 0.3) is 5.91 Å². The molecule has 2 aromatic carbocycles. The Kier molecular flexibility index (Phi) is 3.71. The summed E-state index contributed by atoms with van der Waals surface area (Å²) in [5, 5.41) is 0. The average Bonchev–Trinajstić information content (AvgIpc) is 2.35. The molecule has 0 atom stereocenters. The van der Waals surface area contributed by atoms with Crippen LogP contribution in [-0.4, -0.2) is 5.91 Å². The van der Waals surface area contributed by atoms with Crippen LogP contribution in [0.3, 0.4) is 0 Å². The number of hydrogen-bond acceptors (Lipinski definition) is 3. The number of halogens is 2. The summed E-state index contributed by atoms with van der Waals surface area (Å²) in [4.78, 5) is 11.3. The first-order chi connectivity index (χ1) is 8.99. The van der Waals surface area contributed by atoms with Crippen molar-refractivity contribution in [2.75, 3.05) is 5.73 Å². The highest BCUT2D eigenvalue weighted by Gasteiger charge is 2.15. The average molecular weight is 325 g/mol. The molecule has 0 radical (unpaired) electrons. The fourth-order valence-corrected chi connectivity index (χ4v) is 1.86. The molecule has 0 aliphatic rings. The molecule has 0 aliphatic heterocycles. The molecule has 4 N–H and O–H groups in total. The highest BCUT2D eigenvalue weighted by molar-refractivity contribution is 9.10. The molecule has 1 amide bonds. The van der Waals surface area contributed by atoms with Crippen LogP contribution in [-0.2, 0) is 0 Å². The van der Waals surface area contributed by atoms with Crippen LogP contribution in [0.1, 0.15) is 10.4 Å². The van der Waals surface area contributed by atoms with E-state index in [4.69, 9.17) is 16.2 Å². The van der Waals surface area contributed by atoms with Crippen LogP contribution in [0.25, 0.3) is 0 Å². The van der Waals surface area contributed by atoms with Gasteiger partial charge in [0.15, 0.2) is 5.75 Å². The lowest BCUT2D eigenvalue weighted by atomic mass is 10.1. The fourth-order valence-electron chi connectivity index (χ4n) is 1.53. The minimum absolute atomic E-state index is 0.112. The molecule has 2 rings (SSSR count). The van der Waals surface area contributed by atoms with E-state index < -0.39 is 11.7 Å². The third-order valence-corrected chi connectivity index (χ3v) is 3.07. The van der Waals surface area contributed by atoms with Gasteiger partial charge in [-0.25, -0.2) is 4.39 Å². The maximum atomic E-state index is 13.2. The second-order valence-electron chi connectivity index (χ2n) is 3.76. The summed E-state index contributed by atoms with van der Waals surface area (Å²) in [6, 6.07) is 8.59. The SMILES string of the molecule is NC(=O)c1cccc(N)c1Oc1cc(F)ccc1Br.